The van der Waals surface area contributed by atoms with Crippen molar-refractivity contribution in [3.05, 3.63) is 0 Å². The molecular formula is C13H19F3N2O4S. The number of nitrogens with zero attached hydrogens (tertiary/aromatic N) is 2. The molecule has 1 atom stereocenters. The van der Waals surface area contributed by atoms with E-state index in [9.17, 15) is 26.4 Å². The molecule has 0 N–H and O–H groups in total. The molecule has 0 bridgehead atoms. The van der Waals surface area contributed by atoms with Crippen molar-refractivity contribution < 1.29 is 31.1 Å². The first-order valence-corrected chi connectivity index (χ1v) is 8.92. The van der Waals surface area contributed by atoms with Gasteiger partial charge in [0.2, 0.25) is 0 Å². The first-order chi connectivity index (χ1) is 10.6. The summed E-state index contributed by atoms with van der Waals surface area (Å²) in [5.74, 6) is -1.67. The van der Waals surface area contributed by atoms with E-state index in [1.807, 2.05) is 0 Å². The fourth-order valence-corrected chi connectivity index (χ4v) is 4.25. The summed E-state index contributed by atoms with van der Waals surface area (Å²) in [6, 6.07) is 1.63. The summed E-state index contributed by atoms with van der Waals surface area (Å²) in [6.07, 6.45) is -6.08. The molecule has 0 aromatic carbocycles. The summed E-state index contributed by atoms with van der Waals surface area (Å²) >= 11 is 0. The van der Waals surface area contributed by atoms with Gasteiger partial charge in [0.25, 0.3) is 0 Å². The molecule has 0 aliphatic carbocycles. The number of amides is 1. The van der Waals surface area contributed by atoms with Gasteiger partial charge in [-0.05, 0) is 25.7 Å². The zero-order chi connectivity index (χ0) is 17.7. The van der Waals surface area contributed by atoms with Crippen LogP contribution in [0.2, 0.25) is 0 Å². The average molecular weight is 356 g/mol. The van der Waals surface area contributed by atoms with Crippen molar-refractivity contribution in [2.24, 2.45) is 5.92 Å². The lowest BCUT2D eigenvalue weighted by Gasteiger charge is -2.33. The third-order valence-electron chi connectivity index (χ3n) is 3.68. The summed E-state index contributed by atoms with van der Waals surface area (Å²) in [6.45, 7) is 2.31. The quantitative estimate of drug-likeness (QED) is 0.753. The molecule has 132 valence electrons. The van der Waals surface area contributed by atoms with E-state index in [-0.39, 0.29) is 32.5 Å². The number of sulfone groups is 1. The summed E-state index contributed by atoms with van der Waals surface area (Å²) in [5, 5.41) is 7.61. The van der Waals surface area contributed by atoms with Crippen LogP contribution in [-0.2, 0) is 14.6 Å². The van der Waals surface area contributed by atoms with Gasteiger partial charge < -0.3 is 9.64 Å². The highest BCUT2D eigenvalue weighted by Crippen LogP contribution is 2.28. The van der Waals surface area contributed by atoms with E-state index in [1.165, 1.54) is 4.90 Å². The zero-order valence-corrected chi connectivity index (χ0v) is 13.5. The Bertz CT molecular complexity index is 549. The van der Waals surface area contributed by atoms with E-state index >= 15 is 0 Å². The Balaban J connectivity index is 2.67. The number of ether oxygens (including phenoxy) is 1. The van der Waals surface area contributed by atoms with Crippen LogP contribution >= 0.6 is 0 Å². The van der Waals surface area contributed by atoms with E-state index < -0.39 is 45.4 Å². The van der Waals surface area contributed by atoms with E-state index in [0.29, 0.717) is 0 Å². The molecule has 0 saturated carbocycles. The van der Waals surface area contributed by atoms with Crippen molar-refractivity contribution in [2.45, 2.75) is 37.6 Å². The van der Waals surface area contributed by atoms with Gasteiger partial charge in [-0.25, -0.2) is 13.2 Å². The van der Waals surface area contributed by atoms with Gasteiger partial charge in [0.15, 0.2) is 15.1 Å². The van der Waals surface area contributed by atoms with Crippen LogP contribution in [0.5, 0.6) is 0 Å². The maximum atomic E-state index is 12.2. The average Bonchev–Trinajstić information content (AvgIpc) is 2.46. The second kappa shape index (κ2) is 7.86. The number of piperidine rings is 1. The van der Waals surface area contributed by atoms with Crippen molar-refractivity contribution in [3.8, 4) is 6.07 Å². The third kappa shape index (κ3) is 5.89. The van der Waals surface area contributed by atoms with Gasteiger partial charge in [-0.15, -0.1) is 0 Å². The Morgan fingerprint density at radius 3 is 2.39 bits per heavy atom. The highest BCUT2D eigenvalue weighted by Gasteiger charge is 2.39. The van der Waals surface area contributed by atoms with Crippen LogP contribution in [0.3, 0.4) is 0 Å². The maximum absolute atomic E-state index is 12.2. The molecule has 1 amide bonds. The second-order valence-electron chi connectivity index (χ2n) is 5.31. The Morgan fingerprint density at radius 2 is 1.96 bits per heavy atom. The van der Waals surface area contributed by atoms with Crippen LogP contribution in [-0.4, -0.2) is 56.3 Å². The first-order valence-electron chi connectivity index (χ1n) is 7.20. The van der Waals surface area contributed by atoms with Gasteiger partial charge in [-0.3, -0.25) is 0 Å². The van der Waals surface area contributed by atoms with Crippen molar-refractivity contribution in [1.82, 2.24) is 4.90 Å². The number of halogens is 3. The minimum atomic E-state index is -4.58. The van der Waals surface area contributed by atoms with Gasteiger partial charge >= 0.3 is 12.3 Å². The van der Waals surface area contributed by atoms with E-state index in [0.717, 1.165) is 0 Å². The van der Waals surface area contributed by atoms with Crippen LogP contribution in [0.25, 0.3) is 0 Å². The summed E-state index contributed by atoms with van der Waals surface area (Å²) in [5.41, 5.74) is 0. The number of hydrogen-bond donors (Lipinski definition) is 0. The number of carbonyl (C=O) groups excluding carboxylic acids is 1. The first kappa shape index (κ1) is 19.5. The predicted molar refractivity (Wildman–Crippen MR) is 75.2 cm³/mol. The molecule has 1 rings (SSSR count). The Hall–Kier alpha value is -1.50. The maximum Gasteiger partial charge on any atom is 0.409 e. The van der Waals surface area contributed by atoms with Crippen molar-refractivity contribution >= 4 is 15.9 Å². The molecule has 1 unspecified atom stereocenters. The van der Waals surface area contributed by atoms with E-state index in [1.54, 1.807) is 13.0 Å². The van der Waals surface area contributed by atoms with Gasteiger partial charge in [-0.1, -0.05) is 0 Å². The standard InChI is InChI=1S/C13H19F3N2O4S/c1-2-22-12(19)18-6-3-10(4-7-18)11(9-17)23(20,21)8-5-13(14,15)16/h10-11H,2-8H2,1H3. The van der Waals surface area contributed by atoms with Gasteiger partial charge in [0.1, 0.15) is 0 Å². The SMILES string of the molecule is CCOC(=O)N1CCC(C(C#N)S(=O)(=O)CCC(F)(F)F)CC1. The van der Waals surface area contributed by atoms with Crippen molar-refractivity contribution in [2.75, 3.05) is 25.4 Å². The van der Waals surface area contributed by atoms with Crippen LogP contribution < -0.4 is 0 Å². The highest BCUT2D eigenvalue weighted by atomic mass is 32.2. The Labute approximate surface area is 133 Å². The molecular weight excluding hydrogens is 337 g/mol. The monoisotopic (exact) mass is 356 g/mol. The number of alkyl halides is 3. The highest BCUT2D eigenvalue weighted by molar-refractivity contribution is 7.92. The number of nitriles is 1. The Morgan fingerprint density at radius 1 is 1.39 bits per heavy atom. The van der Waals surface area contributed by atoms with Crippen LogP contribution in [0.1, 0.15) is 26.2 Å². The molecule has 10 heteroatoms. The molecule has 0 aromatic heterocycles. The van der Waals surface area contributed by atoms with Crippen LogP contribution in [0.4, 0.5) is 18.0 Å². The molecule has 0 radical (unpaired) electrons. The minimum Gasteiger partial charge on any atom is -0.450 e. The summed E-state index contributed by atoms with van der Waals surface area (Å²) in [4.78, 5) is 12.9. The van der Waals surface area contributed by atoms with Gasteiger partial charge in [0, 0.05) is 13.1 Å². The molecule has 23 heavy (non-hydrogen) atoms. The summed E-state index contributed by atoms with van der Waals surface area (Å²) < 4.78 is 65.4. The lowest BCUT2D eigenvalue weighted by Crippen LogP contribution is -2.43. The molecule has 1 fully saturated rings. The molecule has 1 saturated heterocycles. The topological polar surface area (TPSA) is 87.5 Å². The predicted octanol–water partition coefficient (Wildman–Crippen LogP) is 2.11. The minimum absolute atomic E-state index is 0.214. The fourth-order valence-electron chi connectivity index (χ4n) is 2.46. The lowest BCUT2D eigenvalue weighted by molar-refractivity contribution is -0.129. The molecule has 1 aliphatic rings. The summed E-state index contributed by atoms with van der Waals surface area (Å²) in [7, 11) is -4.17. The zero-order valence-electron chi connectivity index (χ0n) is 12.7. The normalized spacial score (nSPS) is 18.3. The van der Waals surface area contributed by atoms with Crippen LogP contribution in [0.15, 0.2) is 0 Å². The van der Waals surface area contributed by atoms with E-state index in [4.69, 9.17) is 10.00 Å². The van der Waals surface area contributed by atoms with Crippen molar-refractivity contribution in [3.63, 3.8) is 0 Å². The van der Waals surface area contributed by atoms with Gasteiger partial charge in [-0.2, -0.15) is 18.4 Å². The second-order valence-corrected chi connectivity index (χ2v) is 7.55. The smallest absolute Gasteiger partial charge is 0.409 e. The molecule has 6 nitrogen and oxygen atoms in total. The fraction of sp³-hybridized carbons (Fsp3) is 0.846. The Kier molecular flexibility index (Phi) is 6.68. The third-order valence-corrected chi connectivity index (χ3v) is 5.72. The van der Waals surface area contributed by atoms with Gasteiger partial charge in [0.05, 0.1) is 24.8 Å². The molecule has 0 aromatic rings. The number of carbonyl (C=O) groups is 1. The number of likely N-dealkylation sites (tertiary alicyclic amines) is 1. The number of hydrogen-bond acceptors (Lipinski definition) is 5. The van der Waals surface area contributed by atoms with Crippen molar-refractivity contribution in [1.29, 1.82) is 5.26 Å². The number of rotatable bonds is 5. The largest absolute Gasteiger partial charge is 0.450 e. The molecule has 1 heterocycles. The lowest BCUT2D eigenvalue weighted by atomic mass is 9.94. The molecule has 0 spiro atoms. The molecule has 1 aliphatic heterocycles. The van der Waals surface area contributed by atoms with E-state index in [2.05, 4.69) is 0 Å². The van der Waals surface area contributed by atoms with Crippen LogP contribution in [0, 0.1) is 17.2 Å².